The van der Waals surface area contributed by atoms with E-state index in [0.717, 1.165) is 5.56 Å². The first-order chi connectivity index (χ1) is 18.4. The minimum atomic E-state index is -1.25. The Bertz CT molecular complexity index is 1100. The molecule has 0 saturated heterocycles. The molecule has 0 fully saturated rings. The zero-order chi connectivity index (χ0) is 29.1. The van der Waals surface area contributed by atoms with Crippen LogP contribution >= 0.6 is 0 Å². The predicted octanol–water partition coefficient (Wildman–Crippen LogP) is 1.75. The number of nitrogens with one attached hydrogen (secondary N) is 3. The molecular formula is C29H40N4O6. The quantitative estimate of drug-likeness (QED) is 0.212. The van der Waals surface area contributed by atoms with Gasteiger partial charge in [-0.05, 0) is 47.9 Å². The van der Waals surface area contributed by atoms with Crippen molar-refractivity contribution in [2.24, 2.45) is 17.6 Å². The Balaban J connectivity index is 2.10. The molecule has 0 aliphatic carbocycles. The largest absolute Gasteiger partial charge is 0.508 e. The summed E-state index contributed by atoms with van der Waals surface area (Å²) in [6.45, 7) is 7.27. The number of phenolic OH excluding ortho intramolecular Hbond substituents is 1. The summed E-state index contributed by atoms with van der Waals surface area (Å²) in [5.74, 6) is -3.19. The van der Waals surface area contributed by atoms with Gasteiger partial charge >= 0.3 is 5.97 Å². The first kappa shape index (κ1) is 31.3. The minimum absolute atomic E-state index is 0.00848. The maximum Gasteiger partial charge on any atom is 0.326 e. The highest BCUT2D eigenvalue weighted by Gasteiger charge is 2.32. The highest BCUT2D eigenvalue weighted by molar-refractivity contribution is 5.94. The molecule has 2 aromatic carbocycles. The molecule has 10 heteroatoms. The smallest absolute Gasteiger partial charge is 0.326 e. The first-order valence-corrected chi connectivity index (χ1v) is 13.1. The third kappa shape index (κ3) is 10.4. The molecule has 0 spiro atoms. The maximum absolute atomic E-state index is 13.3. The Morgan fingerprint density at radius 2 is 1.31 bits per heavy atom. The van der Waals surface area contributed by atoms with Crippen LogP contribution in [-0.2, 0) is 32.0 Å². The summed E-state index contributed by atoms with van der Waals surface area (Å²) >= 11 is 0. The molecule has 0 radical (unpaired) electrons. The van der Waals surface area contributed by atoms with Crippen LogP contribution in [0.5, 0.6) is 5.75 Å². The zero-order valence-corrected chi connectivity index (χ0v) is 22.9. The van der Waals surface area contributed by atoms with E-state index < -0.39 is 47.9 Å². The van der Waals surface area contributed by atoms with E-state index in [-0.39, 0.29) is 24.0 Å². The molecule has 0 aliphatic heterocycles. The van der Waals surface area contributed by atoms with E-state index in [1.807, 2.05) is 44.2 Å². The van der Waals surface area contributed by atoms with Gasteiger partial charge in [-0.2, -0.15) is 0 Å². The average Bonchev–Trinajstić information content (AvgIpc) is 2.87. The molecule has 7 N–H and O–H groups in total. The van der Waals surface area contributed by atoms with Gasteiger partial charge in [0.15, 0.2) is 0 Å². The molecule has 2 rings (SSSR count). The summed E-state index contributed by atoms with van der Waals surface area (Å²) in [5, 5.41) is 27.1. The third-order valence-electron chi connectivity index (χ3n) is 6.21. The molecule has 0 aliphatic rings. The average molecular weight is 541 g/mol. The second-order valence-electron chi connectivity index (χ2n) is 10.5. The van der Waals surface area contributed by atoms with Crippen molar-refractivity contribution < 1.29 is 29.4 Å². The van der Waals surface area contributed by atoms with Crippen LogP contribution in [0, 0.1) is 11.8 Å². The number of aromatic hydroxyl groups is 1. The van der Waals surface area contributed by atoms with Crippen molar-refractivity contribution in [2.75, 3.05) is 0 Å². The van der Waals surface area contributed by atoms with E-state index in [1.54, 1.807) is 26.0 Å². The Hall–Kier alpha value is -3.92. The number of carboxylic acids is 1. The summed E-state index contributed by atoms with van der Waals surface area (Å²) in [6, 6.07) is 11.2. The van der Waals surface area contributed by atoms with Crippen molar-refractivity contribution in [3.63, 3.8) is 0 Å². The molecule has 0 aromatic heterocycles. The van der Waals surface area contributed by atoms with Gasteiger partial charge in [0, 0.05) is 6.42 Å². The molecule has 3 amide bonds. The summed E-state index contributed by atoms with van der Waals surface area (Å²) in [6.07, 6.45) is 0.615. The van der Waals surface area contributed by atoms with Crippen LogP contribution in [0.3, 0.4) is 0 Å². The number of hydrogen-bond donors (Lipinski definition) is 6. The van der Waals surface area contributed by atoms with Crippen LogP contribution in [0.25, 0.3) is 0 Å². The monoisotopic (exact) mass is 540 g/mol. The highest BCUT2D eigenvalue weighted by atomic mass is 16.4. The predicted molar refractivity (Wildman–Crippen MR) is 148 cm³/mol. The summed E-state index contributed by atoms with van der Waals surface area (Å²) < 4.78 is 0. The van der Waals surface area contributed by atoms with Gasteiger partial charge in [0.05, 0.1) is 6.04 Å². The van der Waals surface area contributed by atoms with Crippen molar-refractivity contribution >= 4 is 23.7 Å². The van der Waals surface area contributed by atoms with Crippen LogP contribution in [0.15, 0.2) is 54.6 Å². The summed E-state index contributed by atoms with van der Waals surface area (Å²) in [5.41, 5.74) is 7.60. The number of phenols is 1. The van der Waals surface area contributed by atoms with Gasteiger partial charge in [0.1, 0.15) is 23.9 Å². The van der Waals surface area contributed by atoms with E-state index >= 15 is 0 Å². The molecule has 0 heterocycles. The number of rotatable bonds is 14. The first-order valence-electron chi connectivity index (χ1n) is 13.1. The number of carboxylic acid groups (broad SMARTS) is 1. The topological polar surface area (TPSA) is 171 Å². The molecule has 212 valence electrons. The van der Waals surface area contributed by atoms with Crippen molar-refractivity contribution in [3.05, 3.63) is 65.7 Å². The number of benzene rings is 2. The van der Waals surface area contributed by atoms with Gasteiger partial charge in [-0.25, -0.2) is 4.79 Å². The van der Waals surface area contributed by atoms with E-state index in [4.69, 9.17) is 5.73 Å². The summed E-state index contributed by atoms with van der Waals surface area (Å²) in [7, 11) is 0. The van der Waals surface area contributed by atoms with Crippen LogP contribution in [0.2, 0.25) is 0 Å². The van der Waals surface area contributed by atoms with Crippen molar-refractivity contribution in [1.29, 1.82) is 0 Å². The van der Waals surface area contributed by atoms with Crippen LogP contribution in [0.4, 0.5) is 0 Å². The number of carbonyl (C=O) groups excluding carboxylic acids is 3. The number of nitrogens with two attached hydrogens (primary N) is 1. The van der Waals surface area contributed by atoms with Crippen molar-refractivity contribution in [3.8, 4) is 5.75 Å². The molecule has 10 nitrogen and oxygen atoms in total. The lowest BCUT2D eigenvalue weighted by Gasteiger charge is -2.27. The van der Waals surface area contributed by atoms with Gasteiger partial charge in [0.2, 0.25) is 17.7 Å². The van der Waals surface area contributed by atoms with Gasteiger partial charge in [-0.3, -0.25) is 14.4 Å². The number of carbonyl (C=O) groups is 4. The fraction of sp³-hybridized carbons (Fsp3) is 0.448. The Kier molecular flexibility index (Phi) is 11.9. The second kappa shape index (κ2) is 14.9. The van der Waals surface area contributed by atoms with Crippen LogP contribution in [0.1, 0.15) is 45.2 Å². The lowest BCUT2D eigenvalue weighted by molar-refractivity contribution is -0.142. The van der Waals surface area contributed by atoms with Crippen molar-refractivity contribution in [1.82, 2.24) is 16.0 Å². The summed E-state index contributed by atoms with van der Waals surface area (Å²) in [4.78, 5) is 51.1. The van der Waals surface area contributed by atoms with E-state index in [0.29, 0.717) is 18.4 Å². The fourth-order valence-electron chi connectivity index (χ4n) is 4.06. The molecule has 4 atom stereocenters. The number of amides is 3. The van der Waals surface area contributed by atoms with Gasteiger partial charge in [-0.1, -0.05) is 70.2 Å². The van der Waals surface area contributed by atoms with Crippen LogP contribution < -0.4 is 21.7 Å². The normalized spacial score (nSPS) is 14.2. The fourth-order valence-corrected chi connectivity index (χ4v) is 4.06. The highest BCUT2D eigenvalue weighted by Crippen LogP contribution is 2.13. The van der Waals surface area contributed by atoms with Crippen molar-refractivity contribution in [2.45, 2.75) is 71.1 Å². The maximum atomic E-state index is 13.3. The van der Waals surface area contributed by atoms with Gasteiger partial charge in [-0.15, -0.1) is 0 Å². The standard InChI is InChI=1S/C29H40N4O6/c1-17(2)14-23(31-26(35)22(30)15-19-8-6-5-7-9-19)27(36)33-25(18(3)4)28(37)32-24(29(38)39)16-20-10-12-21(34)13-11-20/h5-13,17-18,22-25,34H,14-16,30H2,1-4H3,(H,31,35)(H,32,37)(H,33,36)(H,38,39). The van der Waals surface area contributed by atoms with Gasteiger partial charge < -0.3 is 31.9 Å². The lowest BCUT2D eigenvalue weighted by atomic mass is 9.98. The van der Waals surface area contributed by atoms with Crippen LogP contribution in [-0.4, -0.2) is 58.1 Å². The molecule has 4 unspecified atom stereocenters. The number of hydrogen-bond acceptors (Lipinski definition) is 6. The molecule has 2 aromatic rings. The minimum Gasteiger partial charge on any atom is -0.508 e. The van der Waals surface area contributed by atoms with Gasteiger partial charge in [0.25, 0.3) is 0 Å². The molecule has 0 bridgehead atoms. The van der Waals surface area contributed by atoms with E-state index in [9.17, 15) is 29.4 Å². The number of aliphatic carboxylic acids is 1. The SMILES string of the molecule is CC(C)CC(NC(=O)C(N)Cc1ccccc1)C(=O)NC(C(=O)NC(Cc1ccc(O)cc1)C(=O)O)C(C)C. The lowest BCUT2D eigenvalue weighted by Crippen LogP contribution is -2.59. The molecule has 0 saturated carbocycles. The zero-order valence-electron chi connectivity index (χ0n) is 22.9. The Labute approximate surface area is 229 Å². The second-order valence-corrected chi connectivity index (χ2v) is 10.5. The third-order valence-corrected chi connectivity index (χ3v) is 6.21. The van der Waals surface area contributed by atoms with E-state index in [1.165, 1.54) is 12.1 Å². The van der Waals surface area contributed by atoms with E-state index in [2.05, 4.69) is 16.0 Å². The Morgan fingerprint density at radius 1 is 0.744 bits per heavy atom. The molecule has 39 heavy (non-hydrogen) atoms. The molecular weight excluding hydrogens is 500 g/mol. The Morgan fingerprint density at radius 3 is 1.85 bits per heavy atom.